The summed E-state index contributed by atoms with van der Waals surface area (Å²) in [6, 6.07) is 13.7. The third-order valence-electron chi connectivity index (χ3n) is 5.01. The number of nitrogens with zero attached hydrogens (tertiary/aromatic N) is 1. The third kappa shape index (κ3) is 4.44. The van der Waals surface area contributed by atoms with Crippen LogP contribution in [0.25, 0.3) is 0 Å². The summed E-state index contributed by atoms with van der Waals surface area (Å²) in [6.45, 7) is 0.651. The number of ether oxygens (including phenoxy) is 1. The maximum atomic E-state index is 12.9. The van der Waals surface area contributed by atoms with E-state index in [4.69, 9.17) is 4.74 Å². The lowest BCUT2D eigenvalue weighted by molar-refractivity contribution is -0.117. The molecule has 8 heteroatoms. The van der Waals surface area contributed by atoms with Gasteiger partial charge in [0.1, 0.15) is 5.75 Å². The van der Waals surface area contributed by atoms with Gasteiger partial charge in [0.15, 0.2) is 0 Å². The molecule has 1 aliphatic heterocycles. The van der Waals surface area contributed by atoms with Crippen molar-refractivity contribution in [3.8, 4) is 5.75 Å². The number of carbonyl (C=O) groups is 3. The molecule has 0 spiro atoms. The zero-order valence-electron chi connectivity index (χ0n) is 16.9. The number of nitrogens with one attached hydrogen (secondary N) is 2. The quantitative estimate of drug-likeness (QED) is 0.601. The number of methoxy groups -OCH3 is 1. The average molecular weight is 436 g/mol. The van der Waals surface area contributed by atoms with Crippen molar-refractivity contribution < 1.29 is 19.1 Å². The predicted molar refractivity (Wildman–Crippen MR) is 121 cm³/mol. The van der Waals surface area contributed by atoms with Gasteiger partial charge in [-0.25, -0.2) is 0 Å². The highest BCUT2D eigenvalue weighted by Crippen LogP contribution is 2.34. The summed E-state index contributed by atoms with van der Waals surface area (Å²) in [5, 5.41) is 9.20. The summed E-state index contributed by atoms with van der Waals surface area (Å²) in [5.74, 6) is -0.0754. The molecule has 31 heavy (non-hydrogen) atoms. The van der Waals surface area contributed by atoms with E-state index in [0.29, 0.717) is 46.9 Å². The fourth-order valence-electron chi connectivity index (χ4n) is 3.46. The van der Waals surface area contributed by atoms with Gasteiger partial charge in [-0.2, -0.15) is 11.3 Å². The third-order valence-corrected chi connectivity index (χ3v) is 5.69. The summed E-state index contributed by atoms with van der Waals surface area (Å²) in [7, 11) is 1.53. The van der Waals surface area contributed by atoms with Crippen molar-refractivity contribution in [3.63, 3.8) is 0 Å². The summed E-state index contributed by atoms with van der Waals surface area (Å²) in [4.78, 5) is 39.1. The van der Waals surface area contributed by atoms with Gasteiger partial charge in [-0.1, -0.05) is 12.1 Å². The van der Waals surface area contributed by atoms with Crippen molar-refractivity contribution in [1.82, 2.24) is 0 Å². The van der Waals surface area contributed by atoms with E-state index >= 15 is 0 Å². The largest absolute Gasteiger partial charge is 0.494 e. The minimum atomic E-state index is -0.367. The molecule has 1 aromatic heterocycles. The fraction of sp³-hybridized carbons (Fsp3) is 0.174. The maximum absolute atomic E-state index is 12.9. The first-order chi connectivity index (χ1) is 15.1. The van der Waals surface area contributed by atoms with Crippen molar-refractivity contribution in [1.29, 1.82) is 0 Å². The Morgan fingerprint density at radius 3 is 2.61 bits per heavy atom. The number of hydrogen-bond donors (Lipinski definition) is 2. The Kier molecular flexibility index (Phi) is 5.99. The first-order valence-electron chi connectivity index (χ1n) is 9.79. The van der Waals surface area contributed by atoms with Crippen molar-refractivity contribution >= 4 is 46.1 Å². The van der Waals surface area contributed by atoms with Crippen molar-refractivity contribution in [2.45, 2.75) is 12.8 Å². The number of benzene rings is 2. The Morgan fingerprint density at radius 2 is 1.90 bits per heavy atom. The molecule has 3 aromatic rings. The Bertz CT molecular complexity index is 1130. The monoisotopic (exact) mass is 435 g/mol. The molecular formula is C23H21N3O4S. The summed E-state index contributed by atoms with van der Waals surface area (Å²) in [5.41, 5.74) is 2.51. The van der Waals surface area contributed by atoms with Crippen LogP contribution in [-0.2, 0) is 4.79 Å². The molecule has 3 amide bonds. The van der Waals surface area contributed by atoms with E-state index in [9.17, 15) is 14.4 Å². The SMILES string of the molecule is COc1cc(NC(=O)c2ccccc2NC(=O)c2ccsc2)ccc1N1CCCC1=O. The van der Waals surface area contributed by atoms with Gasteiger partial charge in [-0.3, -0.25) is 14.4 Å². The van der Waals surface area contributed by atoms with Crippen molar-refractivity contribution in [2.24, 2.45) is 0 Å². The molecule has 158 valence electrons. The zero-order chi connectivity index (χ0) is 21.8. The highest BCUT2D eigenvalue weighted by molar-refractivity contribution is 7.08. The number of anilines is 3. The van der Waals surface area contributed by atoms with E-state index in [1.54, 1.807) is 58.8 Å². The molecular weight excluding hydrogens is 414 g/mol. The molecule has 1 saturated heterocycles. The zero-order valence-corrected chi connectivity index (χ0v) is 17.7. The molecule has 2 N–H and O–H groups in total. The van der Waals surface area contributed by atoms with E-state index in [2.05, 4.69) is 10.6 Å². The van der Waals surface area contributed by atoms with Crippen LogP contribution in [0.5, 0.6) is 5.75 Å². The van der Waals surface area contributed by atoms with Gasteiger partial charge in [0.2, 0.25) is 5.91 Å². The van der Waals surface area contributed by atoms with Gasteiger partial charge in [0.25, 0.3) is 11.8 Å². The molecule has 0 unspecified atom stereocenters. The summed E-state index contributed by atoms with van der Waals surface area (Å²) in [6.07, 6.45) is 1.34. The lowest BCUT2D eigenvalue weighted by Gasteiger charge is -2.20. The van der Waals surface area contributed by atoms with Crippen LogP contribution in [-0.4, -0.2) is 31.4 Å². The number of amides is 3. The normalized spacial score (nSPS) is 13.2. The first kappa shape index (κ1) is 20.6. The summed E-state index contributed by atoms with van der Waals surface area (Å²) >= 11 is 1.43. The van der Waals surface area contributed by atoms with E-state index < -0.39 is 0 Å². The Labute approximate surface area is 183 Å². The van der Waals surface area contributed by atoms with Crippen LogP contribution >= 0.6 is 11.3 Å². The average Bonchev–Trinajstić information content (AvgIpc) is 3.46. The molecule has 0 saturated carbocycles. The molecule has 7 nitrogen and oxygen atoms in total. The van der Waals surface area contributed by atoms with Crippen LogP contribution in [0.3, 0.4) is 0 Å². The van der Waals surface area contributed by atoms with Gasteiger partial charge in [-0.05, 0) is 42.1 Å². The molecule has 0 aliphatic carbocycles. The number of hydrogen-bond acceptors (Lipinski definition) is 5. The minimum Gasteiger partial charge on any atom is -0.494 e. The van der Waals surface area contributed by atoms with Crippen LogP contribution in [0.4, 0.5) is 17.1 Å². The first-order valence-corrected chi connectivity index (χ1v) is 10.7. The number of rotatable bonds is 6. The second kappa shape index (κ2) is 9.01. The molecule has 0 bridgehead atoms. The minimum absolute atomic E-state index is 0.0605. The van der Waals surface area contributed by atoms with Gasteiger partial charge in [0, 0.05) is 30.1 Å². The van der Waals surface area contributed by atoms with Crippen LogP contribution < -0.4 is 20.3 Å². The maximum Gasteiger partial charge on any atom is 0.257 e. The highest BCUT2D eigenvalue weighted by Gasteiger charge is 2.25. The van der Waals surface area contributed by atoms with E-state index in [0.717, 1.165) is 6.42 Å². The molecule has 0 atom stereocenters. The van der Waals surface area contributed by atoms with E-state index in [1.165, 1.54) is 18.4 Å². The topological polar surface area (TPSA) is 87.7 Å². The number of carbonyl (C=O) groups excluding carboxylic acids is 3. The van der Waals surface area contributed by atoms with Crippen LogP contribution in [0.15, 0.2) is 59.3 Å². The Balaban J connectivity index is 1.53. The van der Waals surface area contributed by atoms with Crippen LogP contribution in [0, 0.1) is 0 Å². The van der Waals surface area contributed by atoms with Gasteiger partial charge in [0.05, 0.1) is 29.6 Å². The van der Waals surface area contributed by atoms with Crippen molar-refractivity contribution in [3.05, 3.63) is 70.4 Å². The molecule has 0 radical (unpaired) electrons. The van der Waals surface area contributed by atoms with Gasteiger partial charge < -0.3 is 20.3 Å². The Morgan fingerprint density at radius 1 is 1.06 bits per heavy atom. The van der Waals surface area contributed by atoms with Gasteiger partial charge >= 0.3 is 0 Å². The van der Waals surface area contributed by atoms with Crippen molar-refractivity contribution in [2.75, 3.05) is 29.2 Å². The number of para-hydroxylation sites is 1. The lowest BCUT2D eigenvalue weighted by atomic mass is 10.1. The summed E-state index contributed by atoms with van der Waals surface area (Å²) < 4.78 is 5.45. The highest BCUT2D eigenvalue weighted by atomic mass is 32.1. The molecule has 2 heterocycles. The van der Waals surface area contributed by atoms with Gasteiger partial charge in [-0.15, -0.1) is 0 Å². The molecule has 4 rings (SSSR count). The second-order valence-corrected chi connectivity index (χ2v) is 7.78. The van der Waals surface area contributed by atoms with Crippen LogP contribution in [0.1, 0.15) is 33.6 Å². The Hall–Kier alpha value is -3.65. The smallest absolute Gasteiger partial charge is 0.257 e. The standard InChI is InChI=1S/C23H21N3O4S/c1-30-20-13-16(8-9-19(20)26-11-4-7-21(26)27)24-23(29)17-5-2-3-6-18(17)25-22(28)15-10-12-31-14-15/h2-3,5-6,8-10,12-14H,4,7,11H2,1H3,(H,24,29)(H,25,28). The second-order valence-electron chi connectivity index (χ2n) is 7.00. The molecule has 1 aliphatic rings. The lowest BCUT2D eigenvalue weighted by Crippen LogP contribution is -2.24. The fourth-order valence-corrected chi connectivity index (χ4v) is 4.09. The molecule has 2 aromatic carbocycles. The van der Waals surface area contributed by atoms with Crippen LogP contribution in [0.2, 0.25) is 0 Å². The molecule has 1 fully saturated rings. The van der Waals surface area contributed by atoms with E-state index in [-0.39, 0.29) is 17.7 Å². The predicted octanol–water partition coefficient (Wildman–Crippen LogP) is 4.39. The number of thiophene rings is 1. The van der Waals surface area contributed by atoms with E-state index in [1.807, 2.05) is 5.38 Å².